The Morgan fingerprint density at radius 1 is 1.07 bits per heavy atom. The lowest BCUT2D eigenvalue weighted by atomic mass is 9.79. The van der Waals surface area contributed by atoms with E-state index in [9.17, 15) is 14.0 Å². The van der Waals surface area contributed by atoms with E-state index in [-0.39, 0.29) is 29.0 Å². The molecular formula is C22H18FN5O2. The van der Waals surface area contributed by atoms with Gasteiger partial charge in [0.25, 0.3) is 11.5 Å². The second-order valence-corrected chi connectivity index (χ2v) is 7.66. The van der Waals surface area contributed by atoms with Gasteiger partial charge in [-0.15, -0.1) is 0 Å². The molecule has 1 N–H and O–H groups in total. The minimum atomic E-state index is -0.341. The topological polar surface area (TPSA) is 93.5 Å². The fourth-order valence-electron chi connectivity index (χ4n) is 4.16. The molecule has 8 heteroatoms. The zero-order valence-electron chi connectivity index (χ0n) is 16.4. The molecular weight excluding hydrogens is 385 g/mol. The Balaban J connectivity index is 1.67. The highest BCUT2D eigenvalue weighted by molar-refractivity contribution is 6.02. The Labute approximate surface area is 170 Å². The lowest BCUT2D eigenvalue weighted by Crippen LogP contribution is -2.22. The van der Waals surface area contributed by atoms with E-state index in [1.54, 1.807) is 12.1 Å². The van der Waals surface area contributed by atoms with Gasteiger partial charge in [0.1, 0.15) is 5.82 Å². The predicted molar refractivity (Wildman–Crippen MR) is 109 cm³/mol. The zero-order valence-corrected chi connectivity index (χ0v) is 16.4. The number of aromatic amines is 1. The number of carbonyl (C=O) groups is 1. The molecule has 1 aromatic carbocycles. The molecule has 0 spiro atoms. The first-order valence-electron chi connectivity index (χ1n) is 9.64. The summed E-state index contributed by atoms with van der Waals surface area (Å²) in [5, 5.41) is 3.34. The van der Waals surface area contributed by atoms with Crippen molar-refractivity contribution >= 4 is 16.8 Å². The molecule has 0 unspecified atom stereocenters. The number of benzene rings is 1. The molecule has 0 saturated carbocycles. The third-order valence-electron chi connectivity index (χ3n) is 5.52. The van der Waals surface area contributed by atoms with Crippen LogP contribution >= 0.6 is 0 Å². The molecule has 30 heavy (non-hydrogen) atoms. The number of Topliss-reactive ketones (excluding diaryl/α,β-unsaturated/α-hetero) is 1. The van der Waals surface area contributed by atoms with E-state index in [1.807, 2.05) is 19.9 Å². The maximum absolute atomic E-state index is 13.3. The molecule has 1 atom stereocenters. The minimum absolute atomic E-state index is 0.0743. The number of carbonyl (C=O) groups excluding carboxylic acids is 1. The third-order valence-corrected chi connectivity index (χ3v) is 5.52. The van der Waals surface area contributed by atoms with Gasteiger partial charge < -0.3 is 0 Å². The summed E-state index contributed by atoms with van der Waals surface area (Å²) in [5.74, 6) is -0.289. The number of aryl methyl sites for hydroxylation is 2. The average molecular weight is 403 g/mol. The van der Waals surface area contributed by atoms with Crippen LogP contribution in [0.4, 0.5) is 4.39 Å². The lowest BCUT2D eigenvalue weighted by Gasteiger charge is -2.24. The molecule has 0 amide bonds. The molecule has 0 aliphatic heterocycles. The fourth-order valence-corrected chi connectivity index (χ4v) is 4.16. The molecule has 4 aromatic rings. The minimum Gasteiger partial charge on any atom is -0.294 e. The van der Waals surface area contributed by atoms with Crippen LogP contribution in [0.2, 0.25) is 0 Å². The molecule has 150 valence electrons. The predicted octanol–water partition coefficient (Wildman–Crippen LogP) is 3.17. The number of rotatable bonds is 2. The molecule has 1 aliphatic rings. The molecule has 0 fully saturated rings. The van der Waals surface area contributed by atoms with E-state index in [2.05, 4.69) is 20.1 Å². The van der Waals surface area contributed by atoms with Gasteiger partial charge in [-0.2, -0.15) is 4.68 Å². The molecule has 5 rings (SSSR count). The van der Waals surface area contributed by atoms with Gasteiger partial charge in [-0.25, -0.2) is 19.3 Å². The first-order chi connectivity index (χ1) is 14.4. The van der Waals surface area contributed by atoms with Crippen molar-refractivity contribution in [2.75, 3.05) is 0 Å². The summed E-state index contributed by atoms with van der Waals surface area (Å²) in [6.45, 7) is 3.66. The zero-order chi connectivity index (χ0) is 21.0. The number of halogens is 1. The van der Waals surface area contributed by atoms with Gasteiger partial charge in [0, 0.05) is 29.6 Å². The van der Waals surface area contributed by atoms with Crippen molar-refractivity contribution in [1.29, 1.82) is 0 Å². The summed E-state index contributed by atoms with van der Waals surface area (Å²) in [4.78, 5) is 39.1. The Kier molecular flexibility index (Phi) is 4.09. The second-order valence-electron chi connectivity index (χ2n) is 7.66. The van der Waals surface area contributed by atoms with E-state index in [4.69, 9.17) is 0 Å². The quantitative estimate of drug-likeness (QED) is 0.555. The van der Waals surface area contributed by atoms with Gasteiger partial charge in [0.2, 0.25) is 0 Å². The highest BCUT2D eigenvalue weighted by atomic mass is 19.1. The van der Waals surface area contributed by atoms with Crippen LogP contribution in [0.5, 0.6) is 0 Å². The summed E-state index contributed by atoms with van der Waals surface area (Å²) in [5.41, 5.74) is 3.52. The number of fused-ring (bicyclic) bond motifs is 3. The number of H-pyrrole nitrogens is 1. The number of ketones is 1. The standard InChI is InChI=1S/C22H18FN5O2/c1-11-7-12(2)26-22(25-11)28-21(30)19-16-8-14(13-3-5-15(23)6-4-13)9-18(29)17(16)10-24-20(19)27-28/h3-7,10,14H,8-9H2,1-2H3,(H,24,27)/t14-/m0/s1. The lowest BCUT2D eigenvalue weighted by molar-refractivity contribution is 0.0964. The molecule has 7 nitrogen and oxygen atoms in total. The third kappa shape index (κ3) is 2.92. The van der Waals surface area contributed by atoms with E-state index in [0.29, 0.717) is 35.0 Å². The van der Waals surface area contributed by atoms with E-state index in [0.717, 1.165) is 17.0 Å². The fraction of sp³-hybridized carbons (Fsp3) is 0.227. The van der Waals surface area contributed by atoms with Crippen molar-refractivity contribution in [3.05, 3.63) is 80.8 Å². The summed E-state index contributed by atoms with van der Waals surface area (Å²) < 4.78 is 14.6. The van der Waals surface area contributed by atoms with Crippen molar-refractivity contribution in [2.45, 2.75) is 32.6 Å². The first kappa shape index (κ1) is 18.4. The van der Waals surface area contributed by atoms with Gasteiger partial charge in [-0.1, -0.05) is 12.1 Å². The smallest absolute Gasteiger partial charge is 0.283 e. The van der Waals surface area contributed by atoms with Crippen molar-refractivity contribution in [2.24, 2.45) is 0 Å². The molecule has 1 aliphatic carbocycles. The van der Waals surface area contributed by atoms with E-state index in [1.165, 1.54) is 23.0 Å². The summed E-state index contributed by atoms with van der Waals surface area (Å²) in [6, 6.07) is 7.98. The number of pyridine rings is 1. The second kappa shape index (κ2) is 6.69. The van der Waals surface area contributed by atoms with Crippen molar-refractivity contribution < 1.29 is 9.18 Å². The largest absolute Gasteiger partial charge is 0.294 e. The Morgan fingerprint density at radius 3 is 2.47 bits per heavy atom. The van der Waals surface area contributed by atoms with Crippen LogP contribution in [0.15, 0.2) is 41.3 Å². The van der Waals surface area contributed by atoms with Crippen LogP contribution in [0.1, 0.15) is 45.2 Å². The SMILES string of the molecule is Cc1cc(C)nc(-n2[nH]c3ncc4c(c3c2=O)C[C@H](c2ccc(F)cc2)CC4=O)n1. The number of aromatic nitrogens is 5. The van der Waals surface area contributed by atoms with Crippen molar-refractivity contribution in [1.82, 2.24) is 24.7 Å². The molecule has 3 heterocycles. The van der Waals surface area contributed by atoms with E-state index < -0.39 is 0 Å². The maximum Gasteiger partial charge on any atom is 0.283 e. The number of nitrogens with one attached hydrogen (secondary N) is 1. The molecule has 0 radical (unpaired) electrons. The van der Waals surface area contributed by atoms with Gasteiger partial charge >= 0.3 is 0 Å². The van der Waals surface area contributed by atoms with Gasteiger partial charge in [-0.05, 0) is 55.5 Å². The van der Waals surface area contributed by atoms with Crippen LogP contribution in [0.3, 0.4) is 0 Å². The van der Waals surface area contributed by atoms with Crippen LogP contribution < -0.4 is 5.56 Å². The van der Waals surface area contributed by atoms with Gasteiger partial charge in [-0.3, -0.25) is 14.7 Å². The highest BCUT2D eigenvalue weighted by Crippen LogP contribution is 2.34. The Bertz CT molecular complexity index is 1350. The van der Waals surface area contributed by atoms with Gasteiger partial charge in [0.05, 0.1) is 5.39 Å². The summed E-state index contributed by atoms with van der Waals surface area (Å²) in [7, 11) is 0. The van der Waals surface area contributed by atoms with Crippen LogP contribution in [0, 0.1) is 19.7 Å². The normalized spacial score (nSPS) is 16.1. The highest BCUT2D eigenvalue weighted by Gasteiger charge is 2.30. The Morgan fingerprint density at radius 2 is 1.77 bits per heavy atom. The van der Waals surface area contributed by atoms with Crippen molar-refractivity contribution in [3.63, 3.8) is 0 Å². The van der Waals surface area contributed by atoms with Crippen LogP contribution in [-0.4, -0.2) is 30.5 Å². The number of hydrogen-bond donors (Lipinski definition) is 1. The molecule has 0 bridgehead atoms. The maximum atomic E-state index is 13.3. The van der Waals surface area contributed by atoms with Gasteiger partial charge in [0.15, 0.2) is 11.4 Å². The monoisotopic (exact) mass is 403 g/mol. The summed E-state index contributed by atoms with van der Waals surface area (Å²) >= 11 is 0. The van der Waals surface area contributed by atoms with Crippen molar-refractivity contribution in [3.8, 4) is 5.95 Å². The molecule has 0 saturated heterocycles. The number of hydrogen-bond acceptors (Lipinski definition) is 5. The number of nitrogens with zero attached hydrogens (tertiary/aromatic N) is 4. The Hall–Kier alpha value is -3.68. The first-order valence-corrected chi connectivity index (χ1v) is 9.64. The molecule has 3 aromatic heterocycles. The van der Waals surface area contributed by atoms with E-state index >= 15 is 0 Å². The van der Waals surface area contributed by atoms with Crippen LogP contribution in [0.25, 0.3) is 17.0 Å². The summed E-state index contributed by atoms with van der Waals surface area (Å²) in [6.07, 6.45) is 2.31. The average Bonchev–Trinajstić information content (AvgIpc) is 3.05. The van der Waals surface area contributed by atoms with Crippen LogP contribution in [-0.2, 0) is 6.42 Å².